The summed E-state index contributed by atoms with van der Waals surface area (Å²) in [6, 6.07) is 0.438. The Kier molecular flexibility index (Phi) is 15.2. The largest absolute Gasteiger partial charge is 0.466 e. The normalized spacial score (nSPS) is 10.9. The molecule has 0 amide bonds. The summed E-state index contributed by atoms with van der Waals surface area (Å²) in [6.07, 6.45) is 13.3. The molecule has 0 aliphatic heterocycles. The Bertz CT molecular complexity index is 725. The Balaban J connectivity index is 2.02. The number of ether oxygens (including phenoxy) is 2. The fourth-order valence-electron chi connectivity index (χ4n) is 3.36. The van der Waals surface area contributed by atoms with Crippen LogP contribution in [0.1, 0.15) is 102 Å². The van der Waals surface area contributed by atoms with Gasteiger partial charge in [0.15, 0.2) is 23.3 Å². The van der Waals surface area contributed by atoms with Gasteiger partial charge in [-0.15, -0.1) is 0 Å². The van der Waals surface area contributed by atoms with Crippen LogP contribution < -0.4 is 0 Å². The molecule has 0 fully saturated rings. The Morgan fingerprint density at radius 2 is 1.18 bits per heavy atom. The summed E-state index contributed by atoms with van der Waals surface area (Å²) in [5.41, 5.74) is -0.605. The van der Waals surface area contributed by atoms with E-state index in [1.807, 2.05) is 0 Å². The zero-order valence-electron chi connectivity index (χ0n) is 19.5. The smallest absolute Gasteiger partial charge is 0.306 e. The molecule has 1 rings (SSSR count). The van der Waals surface area contributed by atoms with Gasteiger partial charge in [-0.05, 0) is 18.9 Å². The number of carbonyl (C=O) groups is 2. The molecule has 0 unspecified atom stereocenters. The van der Waals surface area contributed by atoms with Gasteiger partial charge in [0, 0.05) is 18.4 Å². The van der Waals surface area contributed by atoms with Crippen LogP contribution in [-0.2, 0) is 25.7 Å². The van der Waals surface area contributed by atoms with Gasteiger partial charge in [0.05, 0.1) is 6.61 Å². The predicted octanol–water partition coefficient (Wildman–Crippen LogP) is 7.31. The van der Waals surface area contributed by atoms with Gasteiger partial charge in [0.1, 0.15) is 6.61 Å². The maximum absolute atomic E-state index is 13.5. The second-order valence-corrected chi connectivity index (χ2v) is 8.23. The van der Waals surface area contributed by atoms with Crippen LogP contribution in [0.2, 0.25) is 0 Å². The molecule has 0 saturated heterocycles. The van der Waals surface area contributed by atoms with Crippen LogP contribution in [0, 0.1) is 23.3 Å². The summed E-state index contributed by atoms with van der Waals surface area (Å²) in [4.78, 5) is 23.4. The minimum atomic E-state index is -1.96. The first-order chi connectivity index (χ1) is 15.9. The third kappa shape index (κ3) is 12.6. The molecule has 188 valence electrons. The summed E-state index contributed by atoms with van der Waals surface area (Å²) in [7, 11) is 0. The Morgan fingerprint density at radius 1 is 0.667 bits per heavy atom. The van der Waals surface area contributed by atoms with E-state index in [1.54, 1.807) is 0 Å². The van der Waals surface area contributed by atoms with E-state index in [2.05, 4.69) is 6.92 Å². The van der Waals surface area contributed by atoms with Gasteiger partial charge in [0.25, 0.3) is 0 Å². The maximum atomic E-state index is 13.5. The van der Waals surface area contributed by atoms with Gasteiger partial charge < -0.3 is 9.47 Å². The van der Waals surface area contributed by atoms with Crippen molar-refractivity contribution in [1.82, 2.24) is 0 Å². The molecule has 0 radical (unpaired) electrons. The number of halogens is 4. The molecule has 0 heterocycles. The zero-order valence-corrected chi connectivity index (χ0v) is 19.5. The lowest BCUT2D eigenvalue weighted by Gasteiger charge is -2.08. The molecule has 0 N–H and O–H groups in total. The molecule has 33 heavy (non-hydrogen) atoms. The lowest BCUT2D eigenvalue weighted by atomic mass is 10.1. The minimum absolute atomic E-state index is 0.0291. The van der Waals surface area contributed by atoms with Gasteiger partial charge >= 0.3 is 11.9 Å². The number of carbonyl (C=O) groups excluding carboxylic acids is 2. The molecular weight excluding hydrogens is 440 g/mol. The van der Waals surface area contributed by atoms with Crippen LogP contribution in [-0.4, -0.2) is 18.5 Å². The van der Waals surface area contributed by atoms with Gasteiger partial charge in [-0.3, -0.25) is 9.59 Å². The molecule has 0 aliphatic carbocycles. The third-order valence-corrected chi connectivity index (χ3v) is 5.34. The summed E-state index contributed by atoms with van der Waals surface area (Å²) < 4.78 is 62.6. The monoisotopic (exact) mass is 476 g/mol. The fourth-order valence-corrected chi connectivity index (χ4v) is 3.36. The Hall–Kier alpha value is -2.12. The molecule has 1 aromatic carbocycles. The highest BCUT2D eigenvalue weighted by atomic mass is 19.2. The summed E-state index contributed by atoms with van der Waals surface area (Å²) in [5.74, 6) is -8.23. The van der Waals surface area contributed by atoms with Crippen LogP contribution in [0.25, 0.3) is 0 Å². The number of rotatable bonds is 18. The number of esters is 2. The molecule has 0 spiro atoms. The maximum Gasteiger partial charge on any atom is 0.306 e. The minimum Gasteiger partial charge on any atom is -0.466 e. The van der Waals surface area contributed by atoms with Crippen molar-refractivity contribution >= 4 is 11.9 Å². The van der Waals surface area contributed by atoms with Gasteiger partial charge in [-0.2, -0.15) is 0 Å². The SMILES string of the molecule is CCCCCCCCCCCCCOC(=O)CCCC(=O)OCc1cc(F)c(F)c(F)c1F. The first-order valence-electron chi connectivity index (χ1n) is 12.0. The van der Waals surface area contributed by atoms with E-state index in [9.17, 15) is 27.2 Å². The molecule has 8 heteroatoms. The lowest BCUT2D eigenvalue weighted by Crippen LogP contribution is -2.10. The summed E-state index contributed by atoms with van der Waals surface area (Å²) in [5, 5.41) is 0. The molecule has 1 aromatic rings. The molecule has 0 bridgehead atoms. The molecule has 0 saturated carbocycles. The topological polar surface area (TPSA) is 52.6 Å². The van der Waals surface area contributed by atoms with Crippen molar-refractivity contribution in [2.24, 2.45) is 0 Å². The summed E-state index contributed by atoms with van der Waals surface area (Å²) in [6.45, 7) is 1.83. The highest BCUT2D eigenvalue weighted by Gasteiger charge is 2.19. The van der Waals surface area contributed by atoms with Crippen LogP contribution >= 0.6 is 0 Å². The van der Waals surface area contributed by atoms with E-state index < -0.39 is 47.4 Å². The van der Waals surface area contributed by atoms with E-state index in [0.29, 0.717) is 12.7 Å². The number of hydrogen-bond donors (Lipinski definition) is 0. The molecular formula is C25H36F4O4. The van der Waals surface area contributed by atoms with E-state index in [4.69, 9.17) is 9.47 Å². The number of hydrogen-bond acceptors (Lipinski definition) is 4. The van der Waals surface area contributed by atoms with Crippen molar-refractivity contribution in [1.29, 1.82) is 0 Å². The van der Waals surface area contributed by atoms with E-state index >= 15 is 0 Å². The molecule has 0 aromatic heterocycles. The quantitative estimate of drug-likeness (QED) is 0.0733. The van der Waals surface area contributed by atoms with Crippen molar-refractivity contribution in [2.75, 3.05) is 6.61 Å². The molecule has 0 atom stereocenters. The van der Waals surface area contributed by atoms with Crippen LogP contribution in [0.15, 0.2) is 6.07 Å². The average Bonchev–Trinajstić information content (AvgIpc) is 2.79. The van der Waals surface area contributed by atoms with E-state index in [0.717, 1.165) is 19.3 Å². The van der Waals surface area contributed by atoms with Gasteiger partial charge in [-0.1, -0.05) is 71.1 Å². The van der Waals surface area contributed by atoms with Gasteiger partial charge in [-0.25, -0.2) is 17.6 Å². The first-order valence-corrected chi connectivity index (χ1v) is 12.0. The Labute approximate surface area is 194 Å². The van der Waals surface area contributed by atoms with Crippen molar-refractivity contribution in [2.45, 2.75) is 103 Å². The lowest BCUT2D eigenvalue weighted by molar-refractivity contribution is -0.146. The van der Waals surface area contributed by atoms with Crippen LogP contribution in [0.4, 0.5) is 17.6 Å². The second kappa shape index (κ2) is 17.4. The number of unbranched alkanes of at least 4 members (excludes halogenated alkanes) is 10. The average molecular weight is 477 g/mol. The van der Waals surface area contributed by atoms with Crippen LogP contribution in [0.3, 0.4) is 0 Å². The summed E-state index contributed by atoms with van der Waals surface area (Å²) >= 11 is 0. The highest BCUT2D eigenvalue weighted by molar-refractivity contribution is 5.72. The van der Waals surface area contributed by atoms with Crippen molar-refractivity contribution in [3.05, 3.63) is 34.9 Å². The zero-order chi connectivity index (χ0) is 24.5. The van der Waals surface area contributed by atoms with Crippen molar-refractivity contribution in [3.8, 4) is 0 Å². The molecule has 0 aliphatic rings. The predicted molar refractivity (Wildman–Crippen MR) is 117 cm³/mol. The third-order valence-electron chi connectivity index (χ3n) is 5.34. The van der Waals surface area contributed by atoms with Crippen molar-refractivity contribution in [3.63, 3.8) is 0 Å². The molecule has 4 nitrogen and oxygen atoms in total. The number of benzene rings is 1. The fraction of sp³-hybridized carbons (Fsp3) is 0.680. The van der Waals surface area contributed by atoms with Crippen LogP contribution in [0.5, 0.6) is 0 Å². The first kappa shape index (κ1) is 28.9. The van der Waals surface area contributed by atoms with Gasteiger partial charge in [0.2, 0.25) is 0 Å². The standard InChI is InChI=1S/C25H36F4O4/c1-2-3-4-5-6-7-8-9-10-11-12-16-32-21(30)14-13-15-22(31)33-18-19-17-20(26)24(28)25(29)23(19)27/h17H,2-16,18H2,1H3. The van der Waals surface area contributed by atoms with E-state index in [-0.39, 0.29) is 19.3 Å². The highest BCUT2D eigenvalue weighted by Crippen LogP contribution is 2.19. The van der Waals surface area contributed by atoms with E-state index in [1.165, 1.54) is 51.4 Å². The van der Waals surface area contributed by atoms with Crippen molar-refractivity contribution < 1.29 is 36.6 Å². The second-order valence-electron chi connectivity index (χ2n) is 8.23. The Morgan fingerprint density at radius 3 is 1.76 bits per heavy atom.